The summed E-state index contributed by atoms with van der Waals surface area (Å²) in [5.74, 6) is 4.27. The van der Waals surface area contributed by atoms with Gasteiger partial charge in [-0.2, -0.15) is 0 Å². The van der Waals surface area contributed by atoms with Gasteiger partial charge < -0.3 is 0 Å². The van der Waals surface area contributed by atoms with Gasteiger partial charge in [0, 0.05) is 0 Å². The summed E-state index contributed by atoms with van der Waals surface area (Å²) < 4.78 is 16.0. The molecule has 2 unspecified atom stereocenters. The van der Waals surface area contributed by atoms with Crippen LogP contribution in [0.2, 0.25) is 39.3 Å². The Hall–Kier alpha value is -3.76. The average Bonchev–Trinajstić information content (AvgIpc) is 3.88. The second-order valence-electron chi connectivity index (χ2n) is 16.4. The van der Waals surface area contributed by atoms with E-state index in [2.05, 4.69) is 174 Å². The molecule has 4 aromatic carbocycles. The van der Waals surface area contributed by atoms with Crippen LogP contribution in [0, 0.1) is 13.8 Å². The summed E-state index contributed by atoms with van der Waals surface area (Å²) in [5, 5.41) is 2.98. The fourth-order valence-corrected chi connectivity index (χ4v) is 14.2. The Morgan fingerprint density at radius 2 is 0.863 bits per heavy atom. The summed E-state index contributed by atoms with van der Waals surface area (Å²) in [7, 11) is -2.78. The van der Waals surface area contributed by atoms with Crippen molar-refractivity contribution in [2.45, 2.75) is 65.0 Å². The predicted molar refractivity (Wildman–Crippen MR) is 216 cm³/mol. The number of benzene rings is 4. The van der Waals surface area contributed by atoms with Gasteiger partial charge in [-0.05, 0) is 0 Å². The van der Waals surface area contributed by atoms with Gasteiger partial charge >= 0.3 is 319 Å². The van der Waals surface area contributed by atoms with Gasteiger partial charge in [-0.3, -0.25) is 0 Å². The fraction of sp³-hybridized carbons (Fsp3) is 0.217. The summed E-state index contributed by atoms with van der Waals surface area (Å²) in [6, 6.07) is 41.2. The third-order valence-corrected chi connectivity index (χ3v) is 18.3. The molecule has 0 saturated heterocycles. The fourth-order valence-electron chi connectivity index (χ4n) is 7.82. The zero-order chi connectivity index (χ0) is 35.7. The zero-order valence-electron chi connectivity index (χ0n) is 31.0. The molecule has 0 radical (unpaired) electrons. The van der Waals surface area contributed by atoms with Crippen molar-refractivity contribution in [2.24, 2.45) is 0 Å². The van der Waals surface area contributed by atoms with Crippen LogP contribution >= 0.6 is 0 Å². The molecular formula is C46H46O2Si2Zr. The van der Waals surface area contributed by atoms with E-state index in [1.54, 1.807) is 0 Å². The predicted octanol–water partition coefficient (Wildman–Crippen LogP) is 11.7. The van der Waals surface area contributed by atoms with Crippen molar-refractivity contribution < 1.29 is 32.1 Å². The Balaban J connectivity index is 1.24. The molecule has 254 valence electrons. The van der Waals surface area contributed by atoms with Gasteiger partial charge in [-0.1, -0.05) is 0 Å². The minimum atomic E-state index is -1.39. The molecule has 2 heterocycles. The molecule has 0 N–H and O–H groups in total. The third-order valence-electron chi connectivity index (χ3n) is 10.6. The quantitative estimate of drug-likeness (QED) is 0.144. The van der Waals surface area contributed by atoms with E-state index in [4.69, 9.17) is 8.83 Å². The molecular weight excluding hydrogens is 732 g/mol. The van der Waals surface area contributed by atoms with Crippen LogP contribution in [0.1, 0.15) is 57.1 Å². The van der Waals surface area contributed by atoms with Gasteiger partial charge in [0.25, 0.3) is 0 Å². The first-order valence-corrected chi connectivity index (χ1v) is 27.6. The van der Waals surface area contributed by atoms with Crippen LogP contribution in [0.15, 0.2) is 125 Å². The molecule has 0 bridgehead atoms. The Labute approximate surface area is 316 Å². The van der Waals surface area contributed by atoms with Crippen molar-refractivity contribution in [1.29, 1.82) is 0 Å². The van der Waals surface area contributed by atoms with E-state index in [1.165, 1.54) is 61.4 Å². The molecule has 2 aliphatic rings. The number of allylic oxidation sites excluding steroid dienone is 2. The molecule has 0 amide bonds. The Morgan fingerprint density at radius 3 is 1.20 bits per heavy atom. The number of furan rings is 2. The number of hydrogen-bond acceptors (Lipinski definition) is 2. The monoisotopic (exact) mass is 776 g/mol. The topological polar surface area (TPSA) is 26.3 Å². The van der Waals surface area contributed by atoms with Crippen molar-refractivity contribution >= 4 is 38.7 Å². The van der Waals surface area contributed by atoms with Crippen LogP contribution < -0.4 is 10.4 Å². The normalized spacial score (nSPS) is 16.9. The van der Waals surface area contributed by atoms with Crippen LogP contribution in [-0.2, 0) is 23.2 Å². The van der Waals surface area contributed by atoms with Crippen LogP contribution in [0.25, 0.3) is 34.4 Å². The Kier molecular flexibility index (Phi) is 8.77. The molecule has 0 fully saturated rings. The number of fused-ring (bicyclic) bond motifs is 2. The van der Waals surface area contributed by atoms with Gasteiger partial charge in [0.2, 0.25) is 0 Å². The maximum atomic E-state index is 6.46. The average molecular weight is 778 g/mol. The van der Waals surface area contributed by atoms with Gasteiger partial charge in [0.05, 0.1) is 0 Å². The molecule has 2 aromatic heterocycles. The molecule has 2 aliphatic carbocycles. The van der Waals surface area contributed by atoms with Gasteiger partial charge in [0.15, 0.2) is 0 Å². The molecule has 8 rings (SSSR count). The van der Waals surface area contributed by atoms with E-state index in [1.807, 2.05) is 0 Å². The van der Waals surface area contributed by atoms with E-state index in [0.717, 1.165) is 23.0 Å². The summed E-state index contributed by atoms with van der Waals surface area (Å²) in [4.78, 5) is 0. The maximum absolute atomic E-state index is 6.46. The number of hydrogen-bond donors (Lipinski definition) is 0. The van der Waals surface area contributed by atoms with E-state index in [9.17, 15) is 0 Å². The zero-order valence-corrected chi connectivity index (χ0v) is 35.5. The van der Waals surface area contributed by atoms with E-state index in [0.29, 0.717) is 0 Å². The second kappa shape index (κ2) is 13.0. The molecule has 0 aliphatic heterocycles. The van der Waals surface area contributed by atoms with Crippen LogP contribution in [-0.4, -0.2) is 16.1 Å². The molecule has 5 heteroatoms. The van der Waals surface area contributed by atoms with Crippen molar-refractivity contribution in [3.63, 3.8) is 0 Å². The van der Waals surface area contributed by atoms with Crippen molar-refractivity contribution in [2.75, 3.05) is 0 Å². The Bertz CT molecular complexity index is 2160. The summed E-state index contributed by atoms with van der Waals surface area (Å²) in [5.41, 5.74) is 10.6. The van der Waals surface area contributed by atoms with Gasteiger partial charge in [0.1, 0.15) is 0 Å². The first-order valence-electron chi connectivity index (χ1n) is 18.2. The molecule has 2 nitrogen and oxygen atoms in total. The summed E-state index contributed by atoms with van der Waals surface area (Å²) in [6.45, 7) is 18.6. The van der Waals surface area contributed by atoms with Crippen LogP contribution in [0.5, 0.6) is 0 Å². The van der Waals surface area contributed by atoms with Crippen molar-refractivity contribution in [3.8, 4) is 22.3 Å². The third kappa shape index (κ3) is 6.47. The summed E-state index contributed by atoms with van der Waals surface area (Å²) in [6.07, 6.45) is 5.08. The number of aryl methyl sites for hydroxylation is 2. The molecule has 0 saturated carbocycles. The molecule has 51 heavy (non-hydrogen) atoms. The van der Waals surface area contributed by atoms with Crippen molar-refractivity contribution in [3.05, 3.63) is 161 Å². The molecule has 2 atom stereocenters. The standard InChI is InChI=1S/2C23H23OSi.Zr/c2*1-16-8-15-23(24-16)22-14-13-21-19(6-5-7-20(21)22)17-9-11-18(12-10-17)25(2,3)4;/h2*5-13,15,22H,1-4H3;. The minimum absolute atomic E-state index is 0.124. The first kappa shape index (κ1) is 34.3. The first-order chi connectivity index (χ1) is 24.3. The van der Waals surface area contributed by atoms with Gasteiger partial charge in [-0.25, -0.2) is 0 Å². The van der Waals surface area contributed by atoms with Crippen LogP contribution in [0.4, 0.5) is 0 Å². The summed E-state index contributed by atoms with van der Waals surface area (Å²) >= 11 is -1.35. The number of rotatable bonds is 8. The molecule has 6 aromatic rings. The SMILES string of the molecule is Cc1ccc(C2[C]([Zr][C]3=Cc4c(-c5ccc([Si](C)(C)C)cc5)cccc4C3c3ccc(C)o3)=Cc3c(-c4ccc([Si](C)(C)C)cc4)cccc32)o1. The Morgan fingerprint density at radius 1 is 0.471 bits per heavy atom. The second-order valence-corrected chi connectivity index (χ2v) is 30.0. The van der Waals surface area contributed by atoms with E-state index in [-0.39, 0.29) is 11.8 Å². The van der Waals surface area contributed by atoms with Gasteiger partial charge in [-0.15, -0.1) is 0 Å². The van der Waals surface area contributed by atoms with E-state index >= 15 is 0 Å². The van der Waals surface area contributed by atoms with Crippen molar-refractivity contribution in [1.82, 2.24) is 0 Å². The van der Waals surface area contributed by atoms with E-state index < -0.39 is 39.4 Å². The molecule has 0 spiro atoms. The van der Waals surface area contributed by atoms with Crippen LogP contribution in [0.3, 0.4) is 0 Å².